The van der Waals surface area contributed by atoms with Gasteiger partial charge < -0.3 is 0 Å². The number of carbonyl (C=O) groups is 1. The highest BCUT2D eigenvalue weighted by Crippen LogP contribution is 2.09. The summed E-state index contributed by atoms with van der Waals surface area (Å²) in [4.78, 5) is 11.5. The molecule has 1 rings (SSSR count). The van der Waals surface area contributed by atoms with Crippen molar-refractivity contribution < 1.29 is 4.79 Å². The highest BCUT2D eigenvalue weighted by molar-refractivity contribution is 6.09. The van der Waals surface area contributed by atoms with E-state index in [1.165, 1.54) is 0 Å². The van der Waals surface area contributed by atoms with Gasteiger partial charge in [0.2, 0.25) is 0 Å². The van der Waals surface area contributed by atoms with Crippen molar-refractivity contribution in [3.63, 3.8) is 0 Å². The summed E-state index contributed by atoms with van der Waals surface area (Å²) in [7, 11) is 0. The predicted molar refractivity (Wildman–Crippen MR) is 59.9 cm³/mol. The fourth-order valence-corrected chi connectivity index (χ4v) is 1.20. The molecule has 0 saturated carbocycles. The van der Waals surface area contributed by atoms with Crippen LogP contribution in [0.3, 0.4) is 0 Å². The molecule has 0 spiro atoms. The second-order valence-corrected chi connectivity index (χ2v) is 3.35. The van der Waals surface area contributed by atoms with E-state index in [1.807, 2.05) is 43.3 Å². The number of hydrogen-bond acceptors (Lipinski definition) is 1. The van der Waals surface area contributed by atoms with Crippen LogP contribution in [-0.2, 0) is 4.79 Å². The highest BCUT2D eigenvalue weighted by atomic mass is 16.1. The third kappa shape index (κ3) is 2.70. The maximum atomic E-state index is 11.5. The van der Waals surface area contributed by atoms with Crippen molar-refractivity contribution in [2.75, 3.05) is 0 Å². The number of hydrogen-bond donors (Lipinski definition) is 0. The summed E-state index contributed by atoms with van der Waals surface area (Å²) < 4.78 is 0. The van der Waals surface area contributed by atoms with Gasteiger partial charge in [-0.25, -0.2) is 0 Å². The van der Waals surface area contributed by atoms with E-state index in [2.05, 4.69) is 6.58 Å². The van der Waals surface area contributed by atoms with Crippen LogP contribution in [0.15, 0.2) is 48.1 Å². The van der Waals surface area contributed by atoms with Gasteiger partial charge in [0.15, 0.2) is 5.78 Å². The number of carbonyl (C=O) groups excluding carboxylic acids is 1. The summed E-state index contributed by atoms with van der Waals surface area (Å²) in [5, 5.41) is 0. The van der Waals surface area contributed by atoms with Crippen LogP contribution in [0.4, 0.5) is 0 Å². The van der Waals surface area contributed by atoms with E-state index in [0.717, 1.165) is 11.1 Å². The first-order valence-corrected chi connectivity index (χ1v) is 4.55. The number of rotatable bonds is 3. The molecule has 14 heavy (non-hydrogen) atoms. The Labute approximate surface area is 84.8 Å². The average molecular weight is 186 g/mol. The van der Waals surface area contributed by atoms with Gasteiger partial charge in [0.1, 0.15) is 0 Å². The minimum atomic E-state index is 0.0221. The molecule has 1 aromatic rings. The molecule has 0 aromatic heterocycles. The van der Waals surface area contributed by atoms with Crippen LogP contribution in [0.1, 0.15) is 19.4 Å². The second kappa shape index (κ2) is 4.56. The number of Topliss-reactive ketones (excluding diaryl/α,β-unsaturated/α-hetero) is 1. The second-order valence-electron chi connectivity index (χ2n) is 3.35. The van der Waals surface area contributed by atoms with E-state index in [4.69, 9.17) is 0 Å². The van der Waals surface area contributed by atoms with Gasteiger partial charge in [-0.2, -0.15) is 0 Å². The zero-order chi connectivity index (χ0) is 10.6. The van der Waals surface area contributed by atoms with E-state index in [-0.39, 0.29) is 5.78 Å². The number of ketones is 1. The summed E-state index contributed by atoms with van der Waals surface area (Å²) in [5.41, 5.74) is 2.35. The first kappa shape index (κ1) is 10.5. The lowest BCUT2D eigenvalue weighted by molar-refractivity contribution is -0.112. The minimum Gasteiger partial charge on any atom is -0.289 e. The third-order valence-electron chi connectivity index (χ3n) is 1.93. The molecule has 0 heterocycles. The van der Waals surface area contributed by atoms with E-state index < -0.39 is 0 Å². The molecule has 0 amide bonds. The first-order valence-electron chi connectivity index (χ1n) is 4.55. The quantitative estimate of drug-likeness (QED) is 0.662. The molecule has 0 bridgehead atoms. The Morgan fingerprint density at radius 1 is 1.21 bits per heavy atom. The molecule has 0 fully saturated rings. The van der Waals surface area contributed by atoms with Gasteiger partial charge in [-0.15, -0.1) is 0 Å². The van der Waals surface area contributed by atoms with Crippen molar-refractivity contribution in [2.24, 2.45) is 0 Å². The molecule has 0 unspecified atom stereocenters. The normalized spacial score (nSPS) is 11.1. The maximum absolute atomic E-state index is 11.5. The Morgan fingerprint density at radius 3 is 2.29 bits per heavy atom. The Balaban J connectivity index is 2.90. The van der Waals surface area contributed by atoms with E-state index in [9.17, 15) is 4.79 Å². The van der Waals surface area contributed by atoms with Gasteiger partial charge in [0.05, 0.1) is 0 Å². The van der Waals surface area contributed by atoms with Gasteiger partial charge >= 0.3 is 0 Å². The molecule has 72 valence electrons. The number of benzene rings is 1. The molecule has 0 N–H and O–H groups in total. The SMILES string of the molecule is C=C(C)C(=O)/C(C)=C/c1ccccc1. The molecule has 0 atom stereocenters. The van der Waals surface area contributed by atoms with Gasteiger partial charge in [0, 0.05) is 0 Å². The van der Waals surface area contributed by atoms with Crippen molar-refractivity contribution in [1.29, 1.82) is 0 Å². The van der Waals surface area contributed by atoms with Crippen LogP contribution in [0, 0.1) is 0 Å². The zero-order valence-electron chi connectivity index (χ0n) is 8.58. The van der Waals surface area contributed by atoms with Gasteiger partial charge in [-0.05, 0) is 36.6 Å². The molecular weight excluding hydrogens is 172 g/mol. The van der Waals surface area contributed by atoms with E-state index in [0.29, 0.717) is 5.57 Å². The zero-order valence-corrected chi connectivity index (χ0v) is 8.58. The molecule has 0 saturated heterocycles. The fourth-order valence-electron chi connectivity index (χ4n) is 1.20. The van der Waals surface area contributed by atoms with Crippen molar-refractivity contribution in [2.45, 2.75) is 13.8 Å². The van der Waals surface area contributed by atoms with Gasteiger partial charge in [-0.1, -0.05) is 36.9 Å². The summed E-state index contributed by atoms with van der Waals surface area (Å²) in [6.45, 7) is 7.16. The smallest absolute Gasteiger partial charge is 0.183 e. The summed E-state index contributed by atoms with van der Waals surface area (Å²) in [5.74, 6) is 0.0221. The Kier molecular flexibility index (Phi) is 3.41. The fraction of sp³-hybridized carbons (Fsp3) is 0.154. The lowest BCUT2D eigenvalue weighted by Gasteiger charge is -1.99. The molecule has 0 aliphatic heterocycles. The molecular formula is C13H14O. The Morgan fingerprint density at radius 2 is 1.79 bits per heavy atom. The van der Waals surface area contributed by atoms with E-state index >= 15 is 0 Å². The molecule has 1 heteroatoms. The van der Waals surface area contributed by atoms with Gasteiger partial charge in [0.25, 0.3) is 0 Å². The van der Waals surface area contributed by atoms with Crippen LogP contribution >= 0.6 is 0 Å². The minimum absolute atomic E-state index is 0.0221. The van der Waals surface area contributed by atoms with Crippen molar-refractivity contribution in [3.8, 4) is 0 Å². The highest BCUT2D eigenvalue weighted by Gasteiger charge is 2.03. The predicted octanol–water partition coefficient (Wildman–Crippen LogP) is 3.24. The summed E-state index contributed by atoms with van der Waals surface area (Å²) in [6, 6.07) is 9.78. The number of allylic oxidation sites excluding steroid dienone is 2. The van der Waals surface area contributed by atoms with Crippen molar-refractivity contribution >= 4 is 11.9 Å². The molecule has 0 aliphatic carbocycles. The Bertz CT molecular complexity index is 371. The standard InChI is InChI=1S/C13H14O/c1-10(2)13(14)11(3)9-12-7-5-4-6-8-12/h4-9H,1H2,2-3H3/b11-9+. The summed E-state index contributed by atoms with van der Waals surface area (Å²) >= 11 is 0. The largest absolute Gasteiger partial charge is 0.289 e. The lowest BCUT2D eigenvalue weighted by atomic mass is 10.0. The van der Waals surface area contributed by atoms with Crippen LogP contribution in [0.2, 0.25) is 0 Å². The van der Waals surface area contributed by atoms with Crippen molar-refractivity contribution in [3.05, 3.63) is 53.6 Å². The molecule has 0 aliphatic rings. The van der Waals surface area contributed by atoms with E-state index in [1.54, 1.807) is 6.92 Å². The Hall–Kier alpha value is -1.63. The van der Waals surface area contributed by atoms with Crippen LogP contribution in [0.25, 0.3) is 6.08 Å². The third-order valence-corrected chi connectivity index (χ3v) is 1.93. The topological polar surface area (TPSA) is 17.1 Å². The average Bonchev–Trinajstić information content (AvgIpc) is 2.18. The molecule has 1 nitrogen and oxygen atoms in total. The first-order chi connectivity index (χ1) is 6.61. The van der Waals surface area contributed by atoms with Crippen LogP contribution in [0.5, 0.6) is 0 Å². The van der Waals surface area contributed by atoms with Crippen molar-refractivity contribution in [1.82, 2.24) is 0 Å². The van der Waals surface area contributed by atoms with Crippen LogP contribution in [-0.4, -0.2) is 5.78 Å². The van der Waals surface area contributed by atoms with Crippen LogP contribution < -0.4 is 0 Å². The summed E-state index contributed by atoms with van der Waals surface area (Å²) in [6.07, 6.45) is 1.87. The molecule has 0 radical (unpaired) electrons. The van der Waals surface area contributed by atoms with Gasteiger partial charge in [-0.3, -0.25) is 4.79 Å². The lowest BCUT2D eigenvalue weighted by Crippen LogP contribution is -1.99. The maximum Gasteiger partial charge on any atom is 0.183 e. The molecule has 1 aromatic carbocycles. The monoisotopic (exact) mass is 186 g/mol.